The Morgan fingerprint density at radius 3 is 2.54 bits per heavy atom. The molecular formula is C16H13N5O2S. The first kappa shape index (κ1) is 15.6. The van der Waals surface area contributed by atoms with Gasteiger partial charge in [0, 0.05) is 22.8 Å². The van der Waals surface area contributed by atoms with Crippen LogP contribution in [0, 0.1) is 0 Å². The number of pyridine rings is 1. The minimum atomic E-state index is -0.516. The second-order valence-corrected chi connectivity index (χ2v) is 5.63. The van der Waals surface area contributed by atoms with Gasteiger partial charge in [-0.1, -0.05) is 6.07 Å². The molecule has 0 fully saturated rings. The number of nitrogens with zero attached hydrogens (tertiary/aromatic N) is 2. The highest BCUT2D eigenvalue weighted by Crippen LogP contribution is 2.20. The molecule has 3 rings (SSSR count). The van der Waals surface area contributed by atoms with Crippen molar-refractivity contribution in [1.82, 2.24) is 9.97 Å². The van der Waals surface area contributed by atoms with E-state index in [4.69, 9.17) is 5.73 Å². The summed E-state index contributed by atoms with van der Waals surface area (Å²) < 4.78 is 0. The molecule has 0 aliphatic heterocycles. The first-order chi connectivity index (χ1) is 11.6. The lowest BCUT2D eigenvalue weighted by molar-refractivity contribution is 0.0998. The SMILES string of the molecule is NC(=O)c1ccc(NC(=O)c2csc(Nc3ccccn3)n2)cc1. The zero-order valence-electron chi connectivity index (χ0n) is 12.4. The third kappa shape index (κ3) is 3.73. The molecule has 0 radical (unpaired) electrons. The van der Waals surface area contributed by atoms with E-state index in [1.54, 1.807) is 41.9 Å². The molecule has 0 bridgehead atoms. The molecule has 0 saturated heterocycles. The van der Waals surface area contributed by atoms with Gasteiger partial charge in [0.05, 0.1) is 0 Å². The van der Waals surface area contributed by atoms with Crippen LogP contribution in [0.15, 0.2) is 54.0 Å². The van der Waals surface area contributed by atoms with Gasteiger partial charge in [-0.25, -0.2) is 9.97 Å². The maximum Gasteiger partial charge on any atom is 0.275 e. The topological polar surface area (TPSA) is 110 Å². The summed E-state index contributed by atoms with van der Waals surface area (Å²) >= 11 is 1.31. The van der Waals surface area contributed by atoms with E-state index in [9.17, 15) is 9.59 Å². The minimum Gasteiger partial charge on any atom is -0.366 e. The van der Waals surface area contributed by atoms with Crippen LogP contribution in [0.4, 0.5) is 16.6 Å². The van der Waals surface area contributed by atoms with Gasteiger partial charge in [0.25, 0.3) is 5.91 Å². The molecular weight excluding hydrogens is 326 g/mol. The number of primary amides is 1. The van der Waals surface area contributed by atoms with Gasteiger partial charge in [0.15, 0.2) is 5.13 Å². The second-order valence-electron chi connectivity index (χ2n) is 4.77. The van der Waals surface area contributed by atoms with Gasteiger partial charge >= 0.3 is 0 Å². The average molecular weight is 339 g/mol. The number of benzene rings is 1. The summed E-state index contributed by atoms with van der Waals surface area (Å²) in [7, 11) is 0. The Bertz CT molecular complexity index is 862. The van der Waals surface area contributed by atoms with E-state index >= 15 is 0 Å². The summed E-state index contributed by atoms with van der Waals surface area (Å²) in [5.41, 5.74) is 6.40. The van der Waals surface area contributed by atoms with Gasteiger partial charge in [0.2, 0.25) is 5.91 Å². The molecule has 7 nitrogen and oxygen atoms in total. The molecule has 0 atom stereocenters. The van der Waals surface area contributed by atoms with Crippen LogP contribution in [0.1, 0.15) is 20.8 Å². The first-order valence-electron chi connectivity index (χ1n) is 6.96. The monoisotopic (exact) mass is 339 g/mol. The van der Waals surface area contributed by atoms with Gasteiger partial charge in [-0.15, -0.1) is 11.3 Å². The Balaban J connectivity index is 1.66. The lowest BCUT2D eigenvalue weighted by atomic mass is 10.2. The van der Waals surface area contributed by atoms with E-state index in [0.717, 1.165) is 0 Å². The van der Waals surface area contributed by atoms with Crippen molar-refractivity contribution in [2.45, 2.75) is 0 Å². The third-order valence-corrected chi connectivity index (χ3v) is 3.82. The molecule has 8 heteroatoms. The van der Waals surface area contributed by atoms with Crippen LogP contribution in [-0.2, 0) is 0 Å². The maximum absolute atomic E-state index is 12.2. The van der Waals surface area contributed by atoms with Crippen molar-refractivity contribution in [3.8, 4) is 0 Å². The molecule has 0 spiro atoms. The van der Waals surface area contributed by atoms with Crippen molar-refractivity contribution in [2.75, 3.05) is 10.6 Å². The molecule has 3 aromatic rings. The number of anilines is 3. The Morgan fingerprint density at radius 1 is 1.08 bits per heavy atom. The number of nitrogens with one attached hydrogen (secondary N) is 2. The number of hydrogen-bond donors (Lipinski definition) is 3. The smallest absolute Gasteiger partial charge is 0.275 e. The highest BCUT2D eigenvalue weighted by atomic mass is 32.1. The van der Waals surface area contributed by atoms with Crippen LogP contribution in [0.2, 0.25) is 0 Å². The van der Waals surface area contributed by atoms with E-state index < -0.39 is 5.91 Å². The summed E-state index contributed by atoms with van der Waals surface area (Å²) in [6, 6.07) is 11.8. The Labute approximate surface area is 141 Å². The van der Waals surface area contributed by atoms with Gasteiger partial charge in [-0.3, -0.25) is 9.59 Å². The van der Waals surface area contributed by atoms with Crippen LogP contribution in [-0.4, -0.2) is 21.8 Å². The number of nitrogens with two attached hydrogens (primary N) is 1. The molecule has 24 heavy (non-hydrogen) atoms. The fraction of sp³-hybridized carbons (Fsp3) is 0. The van der Waals surface area contributed by atoms with E-state index in [0.29, 0.717) is 22.2 Å². The molecule has 120 valence electrons. The van der Waals surface area contributed by atoms with E-state index in [1.807, 2.05) is 12.1 Å². The van der Waals surface area contributed by atoms with Crippen molar-refractivity contribution in [3.05, 3.63) is 65.3 Å². The normalized spacial score (nSPS) is 10.2. The summed E-state index contributed by atoms with van der Waals surface area (Å²) in [6.45, 7) is 0. The highest BCUT2D eigenvalue weighted by Gasteiger charge is 2.11. The van der Waals surface area contributed by atoms with Crippen molar-refractivity contribution in [2.24, 2.45) is 5.73 Å². The van der Waals surface area contributed by atoms with E-state index in [2.05, 4.69) is 20.6 Å². The van der Waals surface area contributed by atoms with Crippen LogP contribution >= 0.6 is 11.3 Å². The molecule has 1 aromatic carbocycles. The van der Waals surface area contributed by atoms with Gasteiger partial charge < -0.3 is 16.4 Å². The number of carbonyl (C=O) groups excluding carboxylic acids is 2. The van der Waals surface area contributed by atoms with Gasteiger partial charge in [0.1, 0.15) is 11.5 Å². The van der Waals surface area contributed by atoms with Crippen LogP contribution in [0.25, 0.3) is 0 Å². The van der Waals surface area contributed by atoms with Gasteiger partial charge in [-0.05, 0) is 36.4 Å². The fourth-order valence-corrected chi connectivity index (χ4v) is 2.59. The molecule has 0 aliphatic rings. The van der Waals surface area contributed by atoms with E-state index in [1.165, 1.54) is 11.3 Å². The van der Waals surface area contributed by atoms with Crippen LogP contribution in [0.5, 0.6) is 0 Å². The lowest BCUT2D eigenvalue weighted by Crippen LogP contribution is -2.13. The number of carbonyl (C=O) groups is 2. The Morgan fingerprint density at radius 2 is 1.88 bits per heavy atom. The first-order valence-corrected chi connectivity index (χ1v) is 7.84. The molecule has 4 N–H and O–H groups in total. The van der Waals surface area contributed by atoms with Crippen molar-refractivity contribution in [1.29, 1.82) is 0 Å². The number of thiazole rings is 1. The summed E-state index contributed by atoms with van der Waals surface area (Å²) in [6.07, 6.45) is 1.67. The summed E-state index contributed by atoms with van der Waals surface area (Å²) in [4.78, 5) is 31.6. The number of aromatic nitrogens is 2. The molecule has 0 aliphatic carbocycles. The third-order valence-electron chi connectivity index (χ3n) is 3.06. The fourth-order valence-electron chi connectivity index (χ4n) is 1.89. The Hall–Kier alpha value is -3.26. The summed E-state index contributed by atoms with van der Waals surface area (Å²) in [5.74, 6) is -0.203. The van der Waals surface area contributed by atoms with E-state index in [-0.39, 0.29) is 11.6 Å². The predicted molar refractivity (Wildman–Crippen MR) is 92.5 cm³/mol. The zero-order valence-corrected chi connectivity index (χ0v) is 13.2. The van der Waals surface area contributed by atoms with Crippen molar-refractivity contribution < 1.29 is 9.59 Å². The highest BCUT2D eigenvalue weighted by molar-refractivity contribution is 7.14. The number of amides is 2. The molecule has 2 amide bonds. The molecule has 2 heterocycles. The average Bonchev–Trinajstić information content (AvgIpc) is 3.05. The minimum absolute atomic E-state index is 0.289. The van der Waals surface area contributed by atoms with Crippen LogP contribution < -0.4 is 16.4 Å². The van der Waals surface area contributed by atoms with Crippen molar-refractivity contribution >= 4 is 39.8 Å². The summed E-state index contributed by atoms with van der Waals surface area (Å²) in [5, 5.41) is 7.96. The molecule has 0 saturated carbocycles. The Kier molecular flexibility index (Phi) is 4.48. The number of hydrogen-bond acceptors (Lipinski definition) is 6. The lowest BCUT2D eigenvalue weighted by Gasteiger charge is -2.04. The second kappa shape index (κ2) is 6.88. The quantitative estimate of drug-likeness (QED) is 0.662. The maximum atomic E-state index is 12.2. The largest absolute Gasteiger partial charge is 0.366 e. The molecule has 2 aromatic heterocycles. The van der Waals surface area contributed by atoms with Crippen molar-refractivity contribution in [3.63, 3.8) is 0 Å². The standard InChI is InChI=1S/C16H13N5O2S/c17-14(22)10-4-6-11(7-5-10)19-15(23)12-9-24-16(20-12)21-13-3-1-2-8-18-13/h1-9H,(H2,17,22)(H,19,23)(H,18,20,21). The predicted octanol–water partition coefficient (Wildman–Crippen LogP) is 2.63. The molecule has 0 unspecified atom stereocenters. The van der Waals surface area contributed by atoms with Crippen LogP contribution in [0.3, 0.4) is 0 Å². The van der Waals surface area contributed by atoms with Gasteiger partial charge in [-0.2, -0.15) is 0 Å². The number of rotatable bonds is 5. The zero-order chi connectivity index (χ0) is 16.9.